The zero-order chi connectivity index (χ0) is 33.2. The first-order valence-corrected chi connectivity index (χ1v) is 15.4. The number of hydrogen-bond acceptors (Lipinski definition) is 4. The van der Waals surface area contributed by atoms with Crippen molar-refractivity contribution in [2.75, 3.05) is 0 Å². The molecule has 236 valence electrons. The predicted molar refractivity (Wildman–Crippen MR) is 185 cm³/mol. The van der Waals surface area contributed by atoms with Crippen molar-refractivity contribution in [1.29, 1.82) is 0 Å². The third-order valence-electron chi connectivity index (χ3n) is 8.31. The van der Waals surface area contributed by atoms with E-state index in [-0.39, 0.29) is 22.4 Å². The van der Waals surface area contributed by atoms with Crippen LogP contribution in [0.15, 0.2) is 130 Å². The Morgan fingerprint density at radius 3 is 1.20 bits per heavy atom. The summed E-state index contributed by atoms with van der Waals surface area (Å²) >= 11 is 0. The van der Waals surface area contributed by atoms with Gasteiger partial charge in [0, 0.05) is 0 Å². The number of carbonyl (C=O) groups is 2. The average molecular weight is 597 g/mol. The summed E-state index contributed by atoms with van der Waals surface area (Å²) in [6.07, 6.45) is 27.5. The first-order chi connectivity index (χ1) is 20.5. The molecule has 0 radical (unpaired) electrons. The second-order valence-electron chi connectivity index (χ2n) is 13.4. The van der Waals surface area contributed by atoms with Gasteiger partial charge in [0.2, 0.25) is 0 Å². The number of hydrogen-bond donors (Lipinski definition) is 2. The largest absolute Gasteiger partial charge is 0.385 e. The van der Waals surface area contributed by atoms with Crippen molar-refractivity contribution in [3.63, 3.8) is 0 Å². The Labute approximate surface area is 265 Å². The number of Topliss-reactive ketones (excluding diaryl/α,β-unsaturated/α-hetero) is 2. The lowest BCUT2D eigenvalue weighted by Gasteiger charge is -2.34. The maximum absolute atomic E-state index is 12.2. The zero-order valence-electron chi connectivity index (χ0n) is 28.4. The third kappa shape index (κ3) is 10.5. The molecule has 0 aromatic rings. The summed E-state index contributed by atoms with van der Waals surface area (Å²) < 4.78 is 0. The van der Waals surface area contributed by atoms with E-state index in [1.165, 1.54) is 0 Å². The van der Waals surface area contributed by atoms with Crippen LogP contribution in [0.25, 0.3) is 0 Å². The lowest BCUT2D eigenvalue weighted by molar-refractivity contribution is -0.126. The Morgan fingerprint density at radius 1 is 0.568 bits per heavy atom. The highest BCUT2D eigenvalue weighted by molar-refractivity contribution is 6.01. The highest BCUT2D eigenvalue weighted by atomic mass is 16.3. The standard InChI is InChI=1S/C40H52O4/c1-27(17-13-19-29(3)21-23-33-31(5)37(43)35(41)25-39(33,7)8)15-11-12-16-28(2)18-14-20-30(4)22-24-34-32(6)38(44)36(42)26-40(34,9)10/h11-24,35-36,41-42H,25-26H2,1-10H3/t35-,36-/m0/s1. The van der Waals surface area contributed by atoms with Gasteiger partial charge in [-0.2, -0.15) is 0 Å². The van der Waals surface area contributed by atoms with Crippen LogP contribution in [-0.4, -0.2) is 34.0 Å². The number of carbonyl (C=O) groups excluding carboxylic acids is 2. The molecule has 0 saturated carbocycles. The third-order valence-corrected chi connectivity index (χ3v) is 8.31. The van der Waals surface area contributed by atoms with E-state index in [2.05, 4.69) is 65.8 Å². The minimum atomic E-state index is -0.907. The lowest BCUT2D eigenvalue weighted by atomic mass is 9.71. The number of aliphatic hydroxyl groups is 2. The zero-order valence-corrected chi connectivity index (χ0v) is 28.4. The van der Waals surface area contributed by atoms with Crippen molar-refractivity contribution < 1.29 is 19.8 Å². The monoisotopic (exact) mass is 596 g/mol. The van der Waals surface area contributed by atoms with Gasteiger partial charge < -0.3 is 10.2 Å². The number of rotatable bonds is 10. The normalized spacial score (nSPS) is 24.5. The van der Waals surface area contributed by atoms with Gasteiger partial charge in [-0.05, 0) is 87.5 Å². The molecule has 0 saturated heterocycles. The first-order valence-electron chi connectivity index (χ1n) is 15.4. The van der Waals surface area contributed by atoms with Crippen LogP contribution in [0.3, 0.4) is 0 Å². The van der Waals surface area contributed by atoms with Gasteiger partial charge >= 0.3 is 0 Å². The molecule has 0 aliphatic heterocycles. The summed E-state index contributed by atoms with van der Waals surface area (Å²) in [4.78, 5) is 24.5. The molecule has 2 aliphatic carbocycles. The van der Waals surface area contributed by atoms with E-state index in [4.69, 9.17) is 0 Å². The lowest BCUT2D eigenvalue weighted by Crippen LogP contribution is -2.35. The number of allylic oxidation sites excluding steroid dienone is 20. The molecule has 0 aromatic carbocycles. The predicted octanol–water partition coefficient (Wildman–Crippen LogP) is 8.91. The smallest absolute Gasteiger partial charge is 0.187 e. The van der Waals surface area contributed by atoms with Crippen LogP contribution in [0.1, 0.15) is 82.1 Å². The number of aliphatic hydroxyl groups excluding tert-OH is 2. The second-order valence-corrected chi connectivity index (χ2v) is 13.4. The van der Waals surface area contributed by atoms with Gasteiger partial charge in [-0.25, -0.2) is 0 Å². The average Bonchev–Trinajstić information content (AvgIpc) is 2.92. The van der Waals surface area contributed by atoms with Crippen molar-refractivity contribution in [2.45, 2.75) is 94.3 Å². The summed E-state index contributed by atoms with van der Waals surface area (Å²) in [6.45, 7) is 20.0. The van der Waals surface area contributed by atoms with E-state index in [1.807, 2.05) is 74.6 Å². The van der Waals surface area contributed by atoms with Crippen LogP contribution in [-0.2, 0) is 9.59 Å². The van der Waals surface area contributed by atoms with Gasteiger partial charge in [-0.3, -0.25) is 9.59 Å². The van der Waals surface area contributed by atoms with E-state index in [1.54, 1.807) is 13.8 Å². The molecule has 0 unspecified atom stereocenters. The molecule has 4 nitrogen and oxygen atoms in total. The minimum Gasteiger partial charge on any atom is -0.385 e. The maximum atomic E-state index is 12.2. The summed E-state index contributed by atoms with van der Waals surface area (Å²) in [5.74, 6) is -0.350. The molecule has 0 fully saturated rings. The van der Waals surface area contributed by atoms with Crippen molar-refractivity contribution in [3.8, 4) is 0 Å². The van der Waals surface area contributed by atoms with E-state index in [9.17, 15) is 19.8 Å². The Morgan fingerprint density at radius 2 is 0.864 bits per heavy atom. The fourth-order valence-electron chi connectivity index (χ4n) is 5.62. The molecule has 2 N–H and O–H groups in total. The van der Waals surface area contributed by atoms with E-state index < -0.39 is 12.2 Å². The van der Waals surface area contributed by atoms with Crippen LogP contribution >= 0.6 is 0 Å². The Balaban J connectivity index is 1.95. The first kappa shape index (κ1) is 36.6. The minimum absolute atomic E-state index is 0.175. The van der Waals surface area contributed by atoms with Gasteiger partial charge in [-0.15, -0.1) is 0 Å². The summed E-state index contributed by atoms with van der Waals surface area (Å²) in [6, 6.07) is 0. The summed E-state index contributed by atoms with van der Waals surface area (Å²) in [7, 11) is 0. The van der Waals surface area contributed by atoms with Crippen molar-refractivity contribution in [3.05, 3.63) is 130 Å². The summed E-state index contributed by atoms with van der Waals surface area (Å²) in [5, 5.41) is 20.0. The molecule has 0 heterocycles. The fourth-order valence-corrected chi connectivity index (χ4v) is 5.62. The molecule has 0 bridgehead atoms. The van der Waals surface area contributed by atoms with Crippen LogP contribution < -0.4 is 0 Å². The van der Waals surface area contributed by atoms with Crippen molar-refractivity contribution in [1.82, 2.24) is 0 Å². The molecule has 0 spiro atoms. The van der Waals surface area contributed by atoms with Crippen molar-refractivity contribution >= 4 is 11.6 Å². The summed E-state index contributed by atoms with van der Waals surface area (Å²) in [5.41, 5.74) is 7.16. The molecule has 44 heavy (non-hydrogen) atoms. The highest BCUT2D eigenvalue weighted by Crippen LogP contribution is 2.40. The molecular weight excluding hydrogens is 544 g/mol. The number of ketones is 2. The van der Waals surface area contributed by atoms with Gasteiger partial charge in [0.25, 0.3) is 0 Å². The van der Waals surface area contributed by atoms with Crippen LogP contribution in [0.2, 0.25) is 0 Å². The van der Waals surface area contributed by atoms with Crippen LogP contribution in [0.4, 0.5) is 0 Å². The Kier molecular flexibility index (Phi) is 13.2. The van der Waals surface area contributed by atoms with E-state index in [0.29, 0.717) is 24.0 Å². The van der Waals surface area contributed by atoms with Crippen LogP contribution in [0, 0.1) is 10.8 Å². The Bertz CT molecular complexity index is 1340. The van der Waals surface area contributed by atoms with Gasteiger partial charge in [0.05, 0.1) is 0 Å². The molecule has 4 heteroatoms. The molecule has 0 aromatic heterocycles. The SMILES string of the molecule is CC(C=CC=C(C)C=CC1=C(C)C(=O)[C@@H](O)CC1(C)C)=CC=CC=C(C)C=CC=C(C)C=CC1=C(C)C(=O)[C@@H](O)CC1(C)C. The van der Waals surface area contributed by atoms with Gasteiger partial charge in [0.15, 0.2) is 11.6 Å². The van der Waals surface area contributed by atoms with Gasteiger partial charge in [-0.1, -0.05) is 135 Å². The second kappa shape index (κ2) is 15.9. The molecule has 2 rings (SSSR count). The molecular formula is C40H52O4. The topological polar surface area (TPSA) is 74.6 Å². The Hall–Kier alpha value is -3.60. The highest BCUT2D eigenvalue weighted by Gasteiger charge is 2.37. The molecule has 2 aliphatic rings. The van der Waals surface area contributed by atoms with Crippen molar-refractivity contribution in [2.24, 2.45) is 10.8 Å². The quantitative estimate of drug-likeness (QED) is 0.247. The van der Waals surface area contributed by atoms with E-state index in [0.717, 1.165) is 33.4 Å². The fraction of sp³-hybridized carbons (Fsp3) is 0.400. The maximum Gasteiger partial charge on any atom is 0.187 e. The molecule has 0 amide bonds. The van der Waals surface area contributed by atoms with Gasteiger partial charge in [0.1, 0.15) is 12.2 Å². The van der Waals surface area contributed by atoms with Crippen LogP contribution in [0.5, 0.6) is 0 Å². The van der Waals surface area contributed by atoms with E-state index >= 15 is 0 Å². The molecule has 2 atom stereocenters.